The molecule has 1 aliphatic rings. The van der Waals surface area contributed by atoms with Gasteiger partial charge in [-0.25, -0.2) is 9.64 Å². The number of aliphatic imine (C=N–C) groups is 1. The number of likely N-dealkylation sites (N-methyl/N-ethyl adjacent to an activating group) is 1. The van der Waals surface area contributed by atoms with Crippen LogP contribution >= 0.6 is 0 Å². The van der Waals surface area contributed by atoms with Crippen molar-refractivity contribution < 1.29 is 19.1 Å². The lowest BCUT2D eigenvalue weighted by atomic mass is 9.83. The number of rotatable bonds is 3. The highest BCUT2D eigenvalue weighted by Gasteiger charge is 2.45. The Morgan fingerprint density at radius 1 is 1.14 bits per heavy atom. The number of carbonyl (C=O) groups excluding carboxylic acids is 3. The number of hydrogen-bond donors (Lipinski definition) is 1. The number of ether oxygens (including phenoxy) is 1. The lowest BCUT2D eigenvalue weighted by molar-refractivity contribution is -0.127. The van der Waals surface area contributed by atoms with Crippen LogP contribution in [0.4, 0.5) is 10.5 Å². The van der Waals surface area contributed by atoms with Crippen molar-refractivity contribution in [3.63, 3.8) is 0 Å². The Hall–Kier alpha value is -4.45. The molecule has 192 valence electrons. The Kier molecular flexibility index (Phi) is 7.53. The monoisotopic (exact) mass is 501 g/mol. The van der Waals surface area contributed by atoms with Gasteiger partial charge >= 0.3 is 6.09 Å². The van der Waals surface area contributed by atoms with E-state index in [0.29, 0.717) is 11.3 Å². The minimum Gasteiger partial charge on any atom is -0.442 e. The molecule has 0 saturated carbocycles. The predicted molar refractivity (Wildman–Crippen MR) is 142 cm³/mol. The lowest BCUT2D eigenvalue weighted by Gasteiger charge is -2.30. The fourth-order valence-electron chi connectivity index (χ4n) is 3.82. The molecule has 0 bridgehead atoms. The van der Waals surface area contributed by atoms with E-state index in [1.807, 2.05) is 18.2 Å². The number of nitrogens with one attached hydrogen (secondary N) is 1. The zero-order chi connectivity index (χ0) is 27.5. The largest absolute Gasteiger partial charge is 0.442 e. The molecule has 1 atom stereocenters. The second-order valence-corrected chi connectivity index (χ2v) is 10.1. The van der Waals surface area contributed by atoms with Crippen LogP contribution in [0.25, 0.3) is 16.0 Å². The molecule has 0 spiro atoms. The van der Waals surface area contributed by atoms with Crippen LogP contribution in [0.2, 0.25) is 0 Å². The van der Waals surface area contributed by atoms with E-state index < -0.39 is 28.9 Å². The average Bonchev–Trinajstić information content (AvgIpc) is 2.89. The molecule has 1 aliphatic heterocycles. The van der Waals surface area contributed by atoms with E-state index in [4.69, 9.17) is 11.3 Å². The summed E-state index contributed by atoms with van der Waals surface area (Å²) in [5.74, 6) is -1.21. The highest BCUT2D eigenvalue weighted by molar-refractivity contribution is 6.28. The Morgan fingerprint density at radius 3 is 2.35 bits per heavy atom. The van der Waals surface area contributed by atoms with E-state index in [0.717, 1.165) is 16.0 Å². The Bertz CT molecular complexity index is 1350. The van der Waals surface area contributed by atoms with Crippen LogP contribution in [0.5, 0.6) is 0 Å². The number of carbonyl (C=O) groups is 3. The first-order valence-corrected chi connectivity index (χ1v) is 11.6. The third kappa shape index (κ3) is 6.04. The summed E-state index contributed by atoms with van der Waals surface area (Å²) in [4.78, 5) is 50.1. The molecule has 1 fully saturated rings. The van der Waals surface area contributed by atoms with Gasteiger partial charge in [0.2, 0.25) is 5.96 Å². The second kappa shape index (κ2) is 10.3. The molecular formula is C28H31N5O4. The van der Waals surface area contributed by atoms with E-state index in [1.54, 1.807) is 77.0 Å². The summed E-state index contributed by atoms with van der Waals surface area (Å²) in [6, 6.07) is 14.4. The fraction of sp³-hybridized carbons (Fsp3) is 0.321. The Morgan fingerprint density at radius 2 is 1.76 bits per heavy atom. The third-order valence-electron chi connectivity index (χ3n) is 5.64. The third-order valence-corrected chi connectivity index (χ3v) is 5.64. The molecule has 37 heavy (non-hydrogen) atoms. The average molecular weight is 502 g/mol. The van der Waals surface area contributed by atoms with Gasteiger partial charge in [-0.1, -0.05) is 36.4 Å². The van der Waals surface area contributed by atoms with Crippen LogP contribution in [0.3, 0.4) is 0 Å². The van der Waals surface area contributed by atoms with Crippen LogP contribution in [0.15, 0.2) is 65.3 Å². The van der Waals surface area contributed by atoms with Gasteiger partial charge in [-0.05, 0) is 56.5 Å². The van der Waals surface area contributed by atoms with Gasteiger partial charge in [0.05, 0.1) is 6.57 Å². The summed E-state index contributed by atoms with van der Waals surface area (Å²) >= 11 is 0. The molecule has 1 heterocycles. The number of amides is 2. The number of Topliss-reactive ketones (excluding diaryl/α,β-unsaturated/α-hetero) is 1. The highest BCUT2D eigenvalue weighted by atomic mass is 16.6. The number of ketones is 1. The molecule has 9 heteroatoms. The van der Waals surface area contributed by atoms with Gasteiger partial charge in [-0.15, -0.1) is 4.99 Å². The van der Waals surface area contributed by atoms with E-state index in [-0.39, 0.29) is 11.5 Å². The van der Waals surface area contributed by atoms with E-state index in [1.165, 1.54) is 13.2 Å². The first kappa shape index (κ1) is 27.1. The van der Waals surface area contributed by atoms with E-state index >= 15 is 0 Å². The van der Waals surface area contributed by atoms with Crippen molar-refractivity contribution in [1.29, 1.82) is 0 Å². The summed E-state index contributed by atoms with van der Waals surface area (Å²) < 4.78 is 5.32. The van der Waals surface area contributed by atoms with Crippen molar-refractivity contribution in [2.45, 2.75) is 38.8 Å². The number of nitrogens with zero attached hydrogens (tertiary/aromatic N) is 4. The Labute approximate surface area is 217 Å². The minimum atomic E-state index is -1.46. The lowest BCUT2D eigenvalue weighted by Crippen LogP contribution is -2.51. The molecule has 2 aromatic rings. The van der Waals surface area contributed by atoms with Crippen molar-refractivity contribution in [1.82, 2.24) is 15.1 Å². The van der Waals surface area contributed by atoms with Crippen molar-refractivity contribution in [3.8, 4) is 11.1 Å². The SMILES string of the molecule is [C-]#[N+]c1cccc(-c2cccc(C3(C)N/C(=N/C(=O)OC(C)(C)C)N(C)C(=O)/C(=C\N(C)C)C3=O)c2)c1. The molecule has 0 aliphatic carbocycles. The quantitative estimate of drug-likeness (QED) is 0.378. The van der Waals surface area contributed by atoms with Crippen LogP contribution in [-0.4, -0.2) is 60.3 Å². The molecule has 2 aromatic carbocycles. The van der Waals surface area contributed by atoms with Crippen LogP contribution in [0.1, 0.15) is 33.3 Å². The summed E-state index contributed by atoms with van der Waals surface area (Å²) in [5, 5.41) is 3.06. The maximum Gasteiger partial charge on any atom is 0.437 e. The van der Waals surface area contributed by atoms with E-state index in [2.05, 4.69) is 15.2 Å². The highest BCUT2D eigenvalue weighted by Crippen LogP contribution is 2.33. The van der Waals surface area contributed by atoms with Crippen LogP contribution < -0.4 is 5.32 Å². The second-order valence-electron chi connectivity index (χ2n) is 10.1. The van der Waals surface area contributed by atoms with Gasteiger partial charge in [0.1, 0.15) is 16.7 Å². The molecule has 1 N–H and O–H groups in total. The fourth-order valence-corrected chi connectivity index (χ4v) is 3.82. The number of benzene rings is 2. The maximum absolute atomic E-state index is 14.0. The smallest absolute Gasteiger partial charge is 0.437 e. The molecule has 3 rings (SSSR count). The molecule has 1 unspecified atom stereocenters. The predicted octanol–water partition coefficient (Wildman–Crippen LogP) is 4.49. The summed E-state index contributed by atoms with van der Waals surface area (Å²) in [6.07, 6.45) is 0.565. The maximum atomic E-state index is 14.0. The molecule has 9 nitrogen and oxygen atoms in total. The molecule has 0 aromatic heterocycles. The zero-order valence-corrected chi connectivity index (χ0v) is 22.1. The first-order chi connectivity index (χ1) is 17.2. The number of hydrogen-bond acceptors (Lipinski definition) is 5. The number of guanidine groups is 1. The molecule has 0 radical (unpaired) electrons. The van der Waals surface area contributed by atoms with Crippen LogP contribution in [-0.2, 0) is 19.9 Å². The van der Waals surface area contributed by atoms with Gasteiger partial charge in [0.15, 0.2) is 11.5 Å². The summed E-state index contributed by atoms with van der Waals surface area (Å²) in [6.45, 7) is 14.1. The van der Waals surface area contributed by atoms with Crippen molar-refractivity contribution >= 4 is 29.4 Å². The molecular weight excluding hydrogens is 470 g/mol. The summed E-state index contributed by atoms with van der Waals surface area (Å²) in [7, 11) is 4.86. The van der Waals surface area contributed by atoms with Gasteiger partial charge < -0.3 is 15.0 Å². The molecule has 1 saturated heterocycles. The van der Waals surface area contributed by atoms with Crippen LogP contribution in [0, 0.1) is 6.57 Å². The van der Waals surface area contributed by atoms with Gasteiger partial charge in [0.25, 0.3) is 5.91 Å². The van der Waals surface area contributed by atoms with Crippen molar-refractivity contribution in [2.75, 3.05) is 21.1 Å². The minimum absolute atomic E-state index is 0.0719. The normalized spacial score (nSPS) is 20.3. The van der Waals surface area contributed by atoms with Crippen molar-refractivity contribution in [3.05, 3.63) is 77.3 Å². The standard InChI is InChI=1S/C28H31N5O4/c1-27(2,3)37-26(36)30-25-31-28(4,23(34)22(17-32(6)7)24(35)33(25)8)20-13-9-11-18(15-20)19-12-10-14-21(16-19)29-5/h9-17H,1-4,6-8H3,(H,30,31,36)/b22-17-. The molecule has 2 amide bonds. The summed E-state index contributed by atoms with van der Waals surface area (Å²) in [5.41, 5.74) is 0.304. The van der Waals surface area contributed by atoms with Gasteiger partial charge in [-0.2, -0.15) is 0 Å². The zero-order valence-electron chi connectivity index (χ0n) is 22.1. The van der Waals surface area contributed by atoms with E-state index in [9.17, 15) is 14.4 Å². The Balaban J connectivity index is 2.19. The first-order valence-electron chi connectivity index (χ1n) is 11.6. The van der Waals surface area contributed by atoms with Crippen molar-refractivity contribution in [2.24, 2.45) is 4.99 Å². The van der Waals surface area contributed by atoms with Gasteiger partial charge in [0, 0.05) is 27.3 Å². The topological polar surface area (TPSA) is 95.7 Å². The van der Waals surface area contributed by atoms with Gasteiger partial charge in [-0.3, -0.25) is 14.5 Å².